The molecular formula is C8H14ClN5O. The number of nitrogens with zero attached hydrogens (tertiary/aromatic N) is 2. The second-order valence-corrected chi connectivity index (χ2v) is 3.44. The Balaban J connectivity index is 2.74. The molecule has 0 amide bonds. The van der Waals surface area contributed by atoms with Gasteiger partial charge in [0.1, 0.15) is 5.02 Å². The summed E-state index contributed by atoms with van der Waals surface area (Å²) in [5.41, 5.74) is 2.35. The van der Waals surface area contributed by atoms with Crippen molar-refractivity contribution in [3.63, 3.8) is 0 Å². The zero-order valence-electron chi connectivity index (χ0n) is 8.62. The summed E-state index contributed by atoms with van der Waals surface area (Å²) < 4.78 is 4.98. The molecule has 4 N–H and O–H groups in total. The maximum absolute atomic E-state index is 5.90. The molecule has 15 heavy (non-hydrogen) atoms. The minimum atomic E-state index is 0.105. The maximum Gasteiger partial charge on any atom is 0.239 e. The molecule has 1 rings (SSSR count). The number of nitrogens with one attached hydrogen (secondary N) is 2. The van der Waals surface area contributed by atoms with E-state index in [0.29, 0.717) is 23.4 Å². The Morgan fingerprint density at radius 2 is 2.40 bits per heavy atom. The van der Waals surface area contributed by atoms with E-state index in [9.17, 15) is 0 Å². The first-order chi connectivity index (χ1) is 7.17. The summed E-state index contributed by atoms with van der Waals surface area (Å²) in [5.74, 6) is 6.03. The first-order valence-corrected chi connectivity index (χ1v) is 4.79. The molecular weight excluding hydrogens is 218 g/mol. The minimum absolute atomic E-state index is 0.105. The van der Waals surface area contributed by atoms with E-state index in [-0.39, 0.29) is 6.04 Å². The van der Waals surface area contributed by atoms with Crippen molar-refractivity contribution in [2.45, 2.75) is 13.0 Å². The third kappa shape index (κ3) is 3.50. The zero-order valence-corrected chi connectivity index (χ0v) is 9.38. The number of anilines is 2. The molecule has 0 aliphatic rings. The van der Waals surface area contributed by atoms with Crippen LogP contribution in [0.3, 0.4) is 0 Å². The van der Waals surface area contributed by atoms with Crippen molar-refractivity contribution < 1.29 is 4.74 Å². The molecule has 0 aliphatic heterocycles. The largest absolute Gasteiger partial charge is 0.383 e. The average molecular weight is 232 g/mol. The van der Waals surface area contributed by atoms with Gasteiger partial charge in [-0.15, -0.1) is 0 Å². The van der Waals surface area contributed by atoms with E-state index in [1.807, 2.05) is 6.92 Å². The number of methoxy groups -OCH3 is 1. The molecule has 84 valence electrons. The molecule has 1 atom stereocenters. The normalized spacial score (nSPS) is 12.3. The molecule has 0 radical (unpaired) electrons. The molecule has 1 aromatic rings. The molecule has 1 heterocycles. The molecule has 0 saturated carbocycles. The fourth-order valence-corrected chi connectivity index (χ4v) is 1.21. The Morgan fingerprint density at radius 1 is 1.67 bits per heavy atom. The van der Waals surface area contributed by atoms with Crippen LogP contribution in [0.15, 0.2) is 6.20 Å². The number of hydrogen-bond acceptors (Lipinski definition) is 6. The lowest BCUT2D eigenvalue weighted by atomic mass is 10.3. The number of hydrogen-bond donors (Lipinski definition) is 3. The Morgan fingerprint density at radius 3 is 3.00 bits per heavy atom. The molecule has 1 aromatic heterocycles. The number of nitrogen functional groups attached to an aromatic ring is 1. The first-order valence-electron chi connectivity index (χ1n) is 4.42. The predicted molar refractivity (Wildman–Crippen MR) is 59.8 cm³/mol. The van der Waals surface area contributed by atoms with Crippen molar-refractivity contribution in [3.8, 4) is 0 Å². The number of ether oxygens (including phenoxy) is 1. The van der Waals surface area contributed by atoms with Crippen LogP contribution in [-0.2, 0) is 4.74 Å². The van der Waals surface area contributed by atoms with Crippen molar-refractivity contribution in [2.75, 3.05) is 24.5 Å². The summed E-state index contributed by atoms with van der Waals surface area (Å²) in [6, 6.07) is 0.105. The average Bonchev–Trinajstić information content (AvgIpc) is 2.21. The van der Waals surface area contributed by atoms with E-state index in [0.717, 1.165) is 0 Å². The summed E-state index contributed by atoms with van der Waals surface area (Å²) in [6.07, 6.45) is 1.48. The van der Waals surface area contributed by atoms with Crippen LogP contribution in [0.1, 0.15) is 6.92 Å². The minimum Gasteiger partial charge on any atom is -0.383 e. The lowest BCUT2D eigenvalue weighted by molar-refractivity contribution is 0.190. The molecule has 1 unspecified atom stereocenters. The number of halogens is 1. The summed E-state index contributed by atoms with van der Waals surface area (Å²) in [4.78, 5) is 7.93. The number of aromatic nitrogens is 2. The molecule has 0 saturated heterocycles. The highest BCUT2D eigenvalue weighted by Crippen LogP contribution is 2.19. The van der Waals surface area contributed by atoms with Crippen molar-refractivity contribution in [2.24, 2.45) is 5.84 Å². The van der Waals surface area contributed by atoms with E-state index in [4.69, 9.17) is 22.2 Å². The van der Waals surface area contributed by atoms with E-state index in [2.05, 4.69) is 20.7 Å². The third-order valence-corrected chi connectivity index (χ3v) is 1.95. The first kappa shape index (κ1) is 12.0. The van der Waals surface area contributed by atoms with Crippen LogP contribution < -0.4 is 16.6 Å². The monoisotopic (exact) mass is 231 g/mol. The standard InChI is InChI=1S/C8H14ClN5O/c1-5(4-15-2)12-7-6(9)3-11-8(13-7)14-10/h3,5H,4,10H2,1-2H3,(H2,11,12,13,14). The summed E-state index contributed by atoms with van der Waals surface area (Å²) in [7, 11) is 1.63. The van der Waals surface area contributed by atoms with Crippen LogP contribution in [0.4, 0.5) is 11.8 Å². The fourth-order valence-electron chi connectivity index (χ4n) is 1.06. The summed E-state index contributed by atoms with van der Waals surface area (Å²) in [5, 5.41) is 3.52. The highest BCUT2D eigenvalue weighted by Gasteiger charge is 2.07. The number of hydrazine groups is 1. The predicted octanol–water partition coefficient (Wildman–Crippen LogP) is 0.862. The van der Waals surface area contributed by atoms with Crippen molar-refractivity contribution in [1.29, 1.82) is 0 Å². The lowest BCUT2D eigenvalue weighted by Gasteiger charge is -2.14. The van der Waals surface area contributed by atoms with Crippen LogP contribution in [0.25, 0.3) is 0 Å². The topological polar surface area (TPSA) is 85.1 Å². The van der Waals surface area contributed by atoms with Crippen molar-refractivity contribution in [3.05, 3.63) is 11.2 Å². The summed E-state index contributed by atoms with van der Waals surface area (Å²) in [6.45, 7) is 2.52. The van der Waals surface area contributed by atoms with Gasteiger partial charge in [0, 0.05) is 13.2 Å². The van der Waals surface area contributed by atoms with Gasteiger partial charge in [-0.25, -0.2) is 10.8 Å². The highest BCUT2D eigenvalue weighted by molar-refractivity contribution is 6.32. The molecule has 0 fully saturated rings. The van der Waals surface area contributed by atoms with Gasteiger partial charge in [-0.3, -0.25) is 5.43 Å². The van der Waals surface area contributed by atoms with Gasteiger partial charge in [0.05, 0.1) is 12.8 Å². The Labute approximate surface area is 93.2 Å². The van der Waals surface area contributed by atoms with Gasteiger partial charge in [-0.2, -0.15) is 4.98 Å². The SMILES string of the molecule is COCC(C)Nc1nc(NN)ncc1Cl. The second-order valence-electron chi connectivity index (χ2n) is 3.04. The van der Waals surface area contributed by atoms with Gasteiger partial charge in [-0.05, 0) is 6.92 Å². The zero-order chi connectivity index (χ0) is 11.3. The third-order valence-electron chi connectivity index (χ3n) is 1.67. The van der Waals surface area contributed by atoms with E-state index in [1.165, 1.54) is 6.20 Å². The van der Waals surface area contributed by atoms with E-state index < -0.39 is 0 Å². The van der Waals surface area contributed by atoms with Gasteiger partial charge in [0.15, 0.2) is 5.82 Å². The fraction of sp³-hybridized carbons (Fsp3) is 0.500. The van der Waals surface area contributed by atoms with Gasteiger partial charge in [-0.1, -0.05) is 11.6 Å². The maximum atomic E-state index is 5.90. The van der Waals surface area contributed by atoms with Gasteiger partial charge < -0.3 is 10.1 Å². The second kappa shape index (κ2) is 5.69. The van der Waals surface area contributed by atoms with Crippen molar-refractivity contribution in [1.82, 2.24) is 9.97 Å². The Hall–Kier alpha value is -1.11. The van der Waals surface area contributed by atoms with E-state index in [1.54, 1.807) is 7.11 Å². The van der Waals surface area contributed by atoms with Crippen LogP contribution in [0.5, 0.6) is 0 Å². The molecule has 6 nitrogen and oxygen atoms in total. The lowest BCUT2D eigenvalue weighted by Crippen LogP contribution is -2.22. The Bertz CT molecular complexity index is 322. The smallest absolute Gasteiger partial charge is 0.239 e. The molecule has 0 aromatic carbocycles. The molecule has 0 bridgehead atoms. The van der Waals surface area contributed by atoms with Gasteiger partial charge in [0.2, 0.25) is 5.95 Å². The van der Waals surface area contributed by atoms with Gasteiger partial charge in [0.25, 0.3) is 0 Å². The molecule has 7 heteroatoms. The van der Waals surface area contributed by atoms with E-state index >= 15 is 0 Å². The Kier molecular flexibility index (Phi) is 4.54. The molecule has 0 spiro atoms. The van der Waals surface area contributed by atoms with Crippen LogP contribution in [0, 0.1) is 0 Å². The summed E-state index contributed by atoms with van der Waals surface area (Å²) >= 11 is 5.90. The van der Waals surface area contributed by atoms with Crippen LogP contribution in [0.2, 0.25) is 5.02 Å². The van der Waals surface area contributed by atoms with Crippen LogP contribution in [-0.4, -0.2) is 29.7 Å². The highest BCUT2D eigenvalue weighted by atomic mass is 35.5. The van der Waals surface area contributed by atoms with Gasteiger partial charge >= 0.3 is 0 Å². The number of nitrogens with two attached hydrogens (primary N) is 1. The molecule has 0 aliphatic carbocycles. The quantitative estimate of drug-likeness (QED) is 0.515. The van der Waals surface area contributed by atoms with Crippen molar-refractivity contribution >= 4 is 23.4 Å². The number of rotatable bonds is 5. The van der Waals surface area contributed by atoms with Crippen LogP contribution >= 0.6 is 11.6 Å².